The second kappa shape index (κ2) is 12.8. The largest absolute Gasteiger partial charge is 0.309 e. The number of nitrogens with zero attached hydrogens (tertiary/aromatic N) is 4. The van der Waals surface area contributed by atoms with Crippen LogP contribution >= 0.6 is 22.7 Å². The number of aromatic nitrogens is 4. The van der Waals surface area contributed by atoms with Crippen molar-refractivity contribution in [3.8, 4) is 51.0 Å². The van der Waals surface area contributed by atoms with Gasteiger partial charge in [0.25, 0.3) is 0 Å². The van der Waals surface area contributed by atoms with Gasteiger partial charge in [-0.3, -0.25) is 0 Å². The molecule has 0 saturated heterocycles. The fourth-order valence-corrected chi connectivity index (χ4v) is 10.5. The highest BCUT2D eigenvalue weighted by Crippen LogP contribution is 2.39. The third-order valence-electron chi connectivity index (χ3n) is 11.0. The molecule has 0 aliphatic carbocycles. The zero-order valence-corrected chi connectivity index (χ0v) is 32.1. The summed E-state index contributed by atoms with van der Waals surface area (Å²) in [6, 6.07) is 65.0. The molecule has 12 rings (SSSR count). The Labute approximate surface area is 335 Å². The molecule has 4 nitrogen and oxygen atoms in total. The van der Waals surface area contributed by atoms with Gasteiger partial charge in [0.05, 0.1) is 11.0 Å². The lowest BCUT2D eigenvalue weighted by molar-refractivity contribution is 1.08. The van der Waals surface area contributed by atoms with Gasteiger partial charge in [-0.15, -0.1) is 22.7 Å². The molecule has 4 heterocycles. The topological polar surface area (TPSA) is 43.6 Å². The summed E-state index contributed by atoms with van der Waals surface area (Å²) >= 11 is 3.63. The smallest absolute Gasteiger partial charge is 0.164 e. The highest BCUT2D eigenvalue weighted by Gasteiger charge is 2.17. The standard InChI is InChI=1S/C51H30N4S2/c1-2-13-36(14-3-1)55-43-18-7-4-15-37(43)38-24-21-32(30-44(38)55)31-11-10-12-33(27-31)49-52-50(34-22-25-47-41(28-34)39-16-5-8-19-45(39)56-47)54-51(53-49)35-23-26-48-42(29-35)40-17-6-9-20-46(40)57-48/h1-30H. The molecule has 266 valence electrons. The molecule has 0 saturated carbocycles. The first kappa shape index (κ1) is 32.3. The van der Waals surface area contributed by atoms with E-state index in [0.717, 1.165) is 33.5 Å². The van der Waals surface area contributed by atoms with Gasteiger partial charge in [-0.1, -0.05) is 103 Å². The van der Waals surface area contributed by atoms with E-state index in [9.17, 15) is 0 Å². The molecule has 12 aromatic rings. The first-order valence-corrected chi connectivity index (χ1v) is 20.6. The van der Waals surface area contributed by atoms with Crippen molar-refractivity contribution in [3.05, 3.63) is 182 Å². The summed E-state index contributed by atoms with van der Waals surface area (Å²) in [5.74, 6) is 1.95. The third-order valence-corrected chi connectivity index (χ3v) is 13.4. The van der Waals surface area contributed by atoms with Crippen LogP contribution in [0.2, 0.25) is 0 Å². The molecule has 0 amide bonds. The molecule has 8 aromatic carbocycles. The van der Waals surface area contributed by atoms with Crippen LogP contribution in [0, 0.1) is 0 Å². The molecule has 0 atom stereocenters. The molecule has 0 aliphatic heterocycles. The minimum absolute atomic E-state index is 0.641. The number of para-hydroxylation sites is 2. The fourth-order valence-electron chi connectivity index (χ4n) is 8.34. The van der Waals surface area contributed by atoms with Crippen molar-refractivity contribution in [2.45, 2.75) is 0 Å². The van der Waals surface area contributed by atoms with Gasteiger partial charge in [-0.05, 0) is 90.0 Å². The van der Waals surface area contributed by atoms with Crippen LogP contribution in [0.4, 0.5) is 0 Å². The maximum absolute atomic E-state index is 5.22. The van der Waals surface area contributed by atoms with Crippen molar-refractivity contribution in [3.63, 3.8) is 0 Å². The van der Waals surface area contributed by atoms with Crippen LogP contribution in [0.15, 0.2) is 182 Å². The molecule has 0 N–H and O–H groups in total. The Hall–Kier alpha value is -6.99. The minimum Gasteiger partial charge on any atom is -0.309 e. The summed E-state index contributed by atoms with van der Waals surface area (Å²) in [5, 5.41) is 7.40. The Bertz CT molecular complexity index is 3410. The van der Waals surface area contributed by atoms with E-state index in [2.05, 4.69) is 187 Å². The van der Waals surface area contributed by atoms with E-state index in [1.54, 1.807) is 0 Å². The van der Waals surface area contributed by atoms with Gasteiger partial charge in [0.15, 0.2) is 17.5 Å². The van der Waals surface area contributed by atoms with Crippen molar-refractivity contribution in [1.82, 2.24) is 19.5 Å². The highest BCUT2D eigenvalue weighted by atomic mass is 32.1. The Balaban J connectivity index is 1.03. The number of hydrogen-bond acceptors (Lipinski definition) is 5. The first-order chi connectivity index (χ1) is 28.2. The Kier molecular flexibility index (Phi) is 7.24. The summed E-state index contributed by atoms with van der Waals surface area (Å²) in [6.07, 6.45) is 0. The van der Waals surface area contributed by atoms with E-state index >= 15 is 0 Å². The lowest BCUT2D eigenvalue weighted by Crippen LogP contribution is -2.00. The van der Waals surface area contributed by atoms with Gasteiger partial charge in [-0.2, -0.15) is 0 Å². The van der Waals surface area contributed by atoms with Gasteiger partial charge in [0, 0.05) is 73.5 Å². The van der Waals surface area contributed by atoms with Gasteiger partial charge >= 0.3 is 0 Å². The Morgan fingerprint density at radius 3 is 1.42 bits per heavy atom. The van der Waals surface area contributed by atoms with Crippen LogP contribution in [-0.4, -0.2) is 19.5 Å². The van der Waals surface area contributed by atoms with E-state index in [1.165, 1.54) is 62.2 Å². The monoisotopic (exact) mass is 762 g/mol. The zero-order valence-electron chi connectivity index (χ0n) is 30.4. The number of fused-ring (bicyclic) bond motifs is 9. The normalized spacial score (nSPS) is 11.9. The quantitative estimate of drug-likeness (QED) is 0.175. The summed E-state index contributed by atoms with van der Waals surface area (Å²) in [6.45, 7) is 0. The maximum Gasteiger partial charge on any atom is 0.164 e. The van der Waals surface area contributed by atoms with Crippen molar-refractivity contribution in [1.29, 1.82) is 0 Å². The molecule has 0 spiro atoms. The third kappa shape index (κ3) is 5.30. The van der Waals surface area contributed by atoms with E-state index in [4.69, 9.17) is 15.0 Å². The summed E-state index contributed by atoms with van der Waals surface area (Å²) in [7, 11) is 0. The van der Waals surface area contributed by atoms with E-state index < -0.39 is 0 Å². The second-order valence-electron chi connectivity index (χ2n) is 14.4. The second-order valence-corrected chi connectivity index (χ2v) is 16.6. The van der Waals surface area contributed by atoms with Crippen LogP contribution in [0.5, 0.6) is 0 Å². The Morgan fingerprint density at radius 1 is 0.298 bits per heavy atom. The molecule has 0 fully saturated rings. The molecule has 0 unspecified atom stereocenters. The van der Waals surface area contributed by atoms with Crippen molar-refractivity contribution in [2.75, 3.05) is 0 Å². The summed E-state index contributed by atoms with van der Waals surface area (Å²) in [5.41, 5.74) is 8.59. The average molecular weight is 763 g/mol. The van der Waals surface area contributed by atoms with E-state index in [-0.39, 0.29) is 0 Å². The van der Waals surface area contributed by atoms with E-state index in [0.29, 0.717) is 17.5 Å². The number of thiophene rings is 2. The highest BCUT2D eigenvalue weighted by molar-refractivity contribution is 7.26. The molecule has 0 aliphatic rings. The molecule has 57 heavy (non-hydrogen) atoms. The SMILES string of the molecule is c1ccc(-n2c3ccccc3c3ccc(-c4cccc(-c5nc(-c6ccc7sc8ccccc8c7c6)nc(-c6ccc7sc8ccccc8c7c6)n5)c4)cc32)cc1. The van der Waals surface area contributed by atoms with Crippen molar-refractivity contribution >= 4 is 84.8 Å². The molecule has 4 aromatic heterocycles. The number of benzene rings is 8. The van der Waals surface area contributed by atoms with Crippen molar-refractivity contribution < 1.29 is 0 Å². The number of rotatable bonds is 5. The zero-order chi connectivity index (χ0) is 37.5. The Morgan fingerprint density at radius 2 is 0.772 bits per heavy atom. The summed E-state index contributed by atoms with van der Waals surface area (Å²) < 4.78 is 7.42. The molecule has 0 bridgehead atoms. The van der Waals surface area contributed by atoms with E-state index in [1.807, 2.05) is 22.7 Å². The van der Waals surface area contributed by atoms with Gasteiger partial charge in [-0.25, -0.2) is 15.0 Å². The van der Waals surface area contributed by atoms with Gasteiger partial charge < -0.3 is 4.57 Å². The van der Waals surface area contributed by atoms with Crippen LogP contribution < -0.4 is 0 Å². The molecule has 0 radical (unpaired) electrons. The predicted molar refractivity (Wildman–Crippen MR) is 242 cm³/mol. The molecular weight excluding hydrogens is 733 g/mol. The van der Waals surface area contributed by atoms with Gasteiger partial charge in [0.1, 0.15) is 0 Å². The predicted octanol–water partition coefficient (Wildman–Crippen LogP) is 14.4. The lowest BCUT2D eigenvalue weighted by Gasteiger charge is -2.11. The maximum atomic E-state index is 5.22. The molecule has 6 heteroatoms. The van der Waals surface area contributed by atoms with Crippen molar-refractivity contribution in [2.24, 2.45) is 0 Å². The average Bonchev–Trinajstić information content (AvgIpc) is 3.95. The fraction of sp³-hybridized carbons (Fsp3) is 0. The summed E-state index contributed by atoms with van der Waals surface area (Å²) in [4.78, 5) is 15.6. The van der Waals surface area contributed by atoms with Gasteiger partial charge in [0.2, 0.25) is 0 Å². The first-order valence-electron chi connectivity index (χ1n) is 19.0. The number of hydrogen-bond donors (Lipinski definition) is 0. The minimum atomic E-state index is 0.641. The lowest BCUT2D eigenvalue weighted by atomic mass is 10.0. The molecular formula is C51H30N4S2. The van der Waals surface area contributed by atoms with Crippen LogP contribution in [0.3, 0.4) is 0 Å². The van der Waals surface area contributed by atoms with Crippen LogP contribution in [-0.2, 0) is 0 Å². The van der Waals surface area contributed by atoms with Crippen LogP contribution in [0.25, 0.3) is 113 Å². The van der Waals surface area contributed by atoms with Crippen LogP contribution in [0.1, 0.15) is 0 Å².